The van der Waals surface area contributed by atoms with Gasteiger partial charge < -0.3 is 10.4 Å². The maximum atomic E-state index is 10.6. The number of anilines is 1. The summed E-state index contributed by atoms with van der Waals surface area (Å²) in [5.74, 6) is -0.265. The van der Waals surface area contributed by atoms with Crippen molar-refractivity contribution in [3.8, 4) is 0 Å². The van der Waals surface area contributed by atoms with E-state index < -0.39 is 12.0 Å². The summed E-state index contributed by atoms with van der Waals surface area (Å²) in [6, 6.07) is 1.13. The Balaban J connectivity index is 2.78. The summed E-state index contributed by atoms with van der Waals surface area (Å²) in [5.41, 5.74) is 0.894. The second-order valence-corrected chi connectivity index (χ2v) is 3.66. The molecule has 1 aromatic rings. The third-order valence-electron chi connectivity index (χ3n) is 1.98. The van der Waals surface area contributed by atoms with Crippen LogP contribution in [0.4, 0.5) is 5.95 Å². The summed E-state index contributed by atoms with van der Waals surface area (Å²) < 4.78 is 0. The van der Waals surface area contributed by atoms with Crippen LogP contribution in [0.25, 0.3) is 0 Å². The zero-order valence-electron chi connectivity index (χ0n) is 9.06. The van der Waals surface area contributed by atoms with E-state index in [9.17, 15) is 4.79 Å². The normalized spacial score (nSPS) is 12.5. The first-order valence-electron chi connectivity index (χ1n) is 4.83. The third kappa shape index (κ3) is 3.19. The highest BCUT2D eigenvalue weighted by Crippen LogP contribution is 2.12. The van der Waals surface area contributed by atoms with E-state index in [1.54, 1.807) is 13.1 Å². The van der Waals surface area contributed by atoms with Gasteiger partial charge in [-0.2, -0.15) is 0 Å². The average Bonchev–Trinajstić information content (AvgIpc) is 2.18. The third-order valence-corrected chi connectivity index (χ3v) is 1.98. The molecule has 5 nitrogen and oxygen atoms in total. The van der Waals surface area contributed by atoms with E-state index in [1.165, 1.54) is 0 Å². The number of hydrogen-bond acceptors (Lipinski definition) is 4. The molecule has 1 heterocycles. The molecule has 0 saturated heterocycles. The van der Waals surface area contributed by atoms with Gasteiger partial charge in [-0.05, 0) is 18.9 Å². The van der Waals surface area contributed by atoms with Gasteiger partial charge in [0.15, 0.2) is 0 Å². The van der Waals surface area contributed by atoms with Crippen LogP contribution in [0.3, 0.4) is 0 Å². The molecular formula is C10H15N3O2. The molecule has 15 heavy (non-hydrogen) atoms. The van der Waals surface area contributed by atoms with Crippen LogP contribution >= 0.6 is 0 Å². The van der Waals surface area contributed by atoms with Crippen LogP contribution in [-0.4, -0.2) is 27.1 Å². The van der Waals surface area contributed by atoms with Gasteiger partial charge in [-0.1, -0.05) is 13.8 Å². The Kier molecular flexibility index (Phi) is 3.60. The standard InChI is InChI=1S/C10H15N3O2/c1-6(2)8-4-5-11-10(13-8)12-7(3)9(14)15/h4-7H,1-3H3,(H,14,15)(H,11,12,13). The smallest absolute Gasteiger partial charge is 0.325 e. The SMILES string of the molecule is CC(Nc1nccc(C(C)C)n1)C(=O)O. The lowest BCUT2D eigenvalue weighted by atomic mass is 10.1. The molecule has 0 spiro atoms. The molecule has 0 bridgehead atoms. The van der Waals surface area contributed by atoms with E-state index in [0.717, 1.165) is 5.69 Å². The van der Waals surface area contributed by atoms with Crippen molar-refractivity contribution in [1.82, 2.24) is 9.97 Å². The van der Waals surface area contributed by atoms with Crippen molar-refractivity contribution in [3.63, 3.8) is 0 Å². The molecule has 0 aliphatic heterocycles. The molecule has 1 aromatic heterocycles. The van der Waals surface area contributed by atoms with Crippen molar-refractivity contribution in [2.24, 2.45) is 0 Å². The van der Waals surface area contributed by atoms with Crippen molar-refractivity contribution in [1.29, 1.82) is 0 Å². The fourth-order valence-electron chi connectivity index (χ4n) is 1.02. The van der Waals surface area contributed by atoms with Crippen molar-refractivity contribution in [3.05, 3.63) is 18.0 Å². The number of aromatic nitrogens is 2. The van der Waals surface area contributed by atoms with E-state index >= 15 is 0 Å². The second kappa shape index (κ2) is 4.72. The highest BCUT2D eigenvalue weighted by molar-refractivity contribution is 5.75. The van der Waals surface area contributed by atoms with Crippen molar-refractivity contribution < 1.29 is 9.90 Å². The maximum Gasteiger partial charge on any atom is 0.325 e. The number of aliphatic carboxylic acids is 1. The number of nitrogens with one attached hydrogen (secondary N) is 1. The zero-order chi connectivity index (χ0) is 11.4. The largest absolute Gasteiger partial charge is 0.480 e. The summed E-state index contributed by atoms with van der Waals surface area (Å²) in [7, 11) is 0. The average molecular weight is 209 g/mol. The lowest BCUT2D eigenvalue weighted by Gasteiger charge is -2.10. The van der Waals surface area contributed by atoms with Crippen LogP contribution in [0.15, 0.2) is 12.3 Å². The number of hydrogen-bond donors (Lipinski definition) is 2. The molecular weight excluding hydrogens is 194 g/mol. The van der Waals surface area contributed by atoms with Gasteiger partial charge in [-0.15, -0.1) is 0 Å². The van der Waals surface area contributed by atoms with Gasteiger partial charge in [-0.25, -0.2) is 9.97 Å². The fraction of sp³-hybridized carbons (Fsp3) is 0.500. The Morgan fingerprint density at radius 3 is 2.67 bits per heavy atom. The molecule has 0 fully saturated rings. The summed E-state index contributed by atoms with van der Waals surface area (Å²) >= 11 is 0. The minimum Gasteiger partial charge on any atom is -0.480 e. The van der Waals surface area contributed by atoms with Crippen molar-refractivity contribution in [2.75, 3.05) is 5.32 Å². The molecule has 2 N–H and O–H groups in total. The van der Waals surface area contributed by atoms with Crippen LogP contribution in [0, 0.1) is 0 Å². The van der Waals surface area contributed by atoms with Crippen LogP contribution in [0.5, 0.6) is 0 Å². The Morgan fingerprint density at radius 2 is 2.13 bits per heavy atom. The maximum absolute atomic E-state index is 10.6. The first-order chi connectivity index (χ1) is 7.00. The van der Waals surface area contributed by atoms with E-state index in [2.05, 4.69) is 15.3 Å². The Bertz CT molecular complexity index is 352. The molecule has 0 saturated carbocycles. The lowest BCUT2D eigenvalue weighted by Crippen LogP contribution is -2.26. The highest BCUT2D eigenvalue weighted by atomic mass is 16.4. The predicted molar refractivity (Wildman–Crippen MR) is 56.8 cm³/mol. The first kappa shape index (κ1) is 11.4. The summed E-state index contributed by atoms with van der Waals surface area (Å²) in [6.45, 7) is 5.59. The highest BCUT2D eigenvalue weighted by Gasteiger charge is 2.12. The number of carbonyl (C=O) groups is 1. The van der Waals surface area contributed by atoms with Gasteiger partial charge in [0.05, 0.1) is 0 Å². The van der Waals surface area contributed by atoms with E-state index in [1.807, 2.05) is 19.9 Å². The number of carboxylic acids is 1. The van der Waals surface area contributed by atoms with Crippen LogP contribution in [-0.2, 0) is 4.79 Å². The zero-order valence-corrected chi connectivity index (χ0v) is 9.06. The van der Waals surface area contributed by atoms with Crippen LogP contribution < -0.4 is 5.32 Å². The predicted octanol–water partition coefficient (Wildman–Crippen LogP) is 1.48. The molecule has 1 rings (SSSR count). The Labute approximate surface area is 88.6 Å². The number of nitrogens with zero attached hydrogens (tertiary/aromatic N) is 2. The van der Waals surface area contributed by atoms with E-state index in [-0.39, 0.29) is 0 Å². The monoisotopic (exact) mass is 209 g/mol. The van der Waals surface area contributed by atoms with Gasteiger partial charge in [0, 0.05) is 11.9 Å². The van der Waals surface area contributed by atoms with Crippen molar-refractivity contribution in [2.45, 2.75) is 32.7 Å². The molecule has 5 heteroatoms. The molecule has 0 radical (unpaired) electrons. The first-order valence-corrected chi connectivity index (χ1v) is 4.83. The molecule has 0 aliphatic carbocycles. The van der Waals surface area contributed by atoms with Gasteiger partial charge in [0.1, 0.15) is 6.04 Å². The molecule has 0 aliphatic rings. The van der Waals surface area contributed by atoms with Gasteiger partial charge in [-0.3, -0.25) is 4.79 Å². The summed E-state index contributed by atoms with van der Waals surface area (Å²) in [6.07, 6.45) is 1.62. The summed E-state index contributed by atoms with van der Waals surface area (Å²) in [4.78, 5) is 18.8. The van der Waals surface area contributed by atoms with E-state index in [0.29, 0.717) is 11.9 Å². The molecule has 0 aromatic carbocycles. The quantitative estimate of drug-likeness (QED) is 0.785. The van der Waals surface area contributed by atoms with Gasteiger partial charge in [0.2, 0.25) is 5.95 Å². The fourth-order valence-corrected chi connectivity index (χ4v) is 1.02. The Morgan fingerprint density at radius 1 is 1.47 bits per heavy atom. The van der Waals surface area contributed by atoms with Crippen LogP contribution in [0.2, 0.25) is 0 Å². The molecule has 1 atom stereocenters. The van der Waals surface area contributed by atoms with Crippen molar-refractivity contribution >= 4 is 11.9 Å². The molecule has 1 unspecified atom stereocenters. The number of rotatable bonds is 4. The molecule has 82 valence electrons. The summed E-state index contributed by atoms with van der Waals surface area (Å²) in [5, 5.41) is 11.4. The number of carboxylic acid groups (broad SMARTS) is 1. The Hall–Kier alpha value is -1.65. The topological polar surface area (TPSA) is 75.1 Å². The molecule has 0 amide bonds. The van der Waals surface area contributed by atoms with Gasteiger partial charge >= 0.3 is 5.97 Å². The van der Waals surface area contributed by atoms with Gasteiger partial charge in [0.25, 0.3) is 0 Å². The second-order valence-electron chi connectivity index (χ2n) is 3.66. The van der Waals surface area contributed by atoms with E-state index in [4.69, 9.17) is 5.11 Å². The van der Waals surface area contributed by atoms with Crippen LogP contribution in [0.1, 0.15) is 32.4 Å². The lowest BCUT2D eigenvalue weighted by molar-refractivity contribution is -0.137. The minimum atomic E-state index is -0.923. The minimum absolute atomic E-state index is 0.300.